The van der Waals surface area contributed by atoms with Crippen LogP contribution in [0.5, 0.6) is 0 Å². The number of amides is 3. The van der Waals surface area contributed by atoms with Crippen molar-refractivity contribution in [2.24, 2.45) is 0 Å². The number of nitrogens with zero attached hydrogens (tertiary/aromatic N) is 3. The highest BCUT2D eigenvalue weighted by Crippen LogP contribution is 2.33. The van der Waals surface area contributed by atoms with Gasteiger partial charge in [-0.2, -0.15) is 11.8 Å². The molecule has 3 heterocycles. The minimum atomic E-state index is -0.0566. The van der Waals surface area contributed by atoms with E-state index >= 15 is 0 Å². The maximum absolute atomic E-state index is 12.0. The molecule has 3 atom stereocenters. The number of fused-ring (bicyclic) bond motifs is 1. The van der Waals surface area contributed by atoms with Gasteiger partial charge in [-0.25, -0.2) is 9.48 Å². The molecule has 13 nitrogen and oxygen atoms in total. The van der Waals surface area contributed by atoms with Gasteiger partial charge in [0.25, 0.3) is 0 Å². The van der Waals surface area contributed by atoms with E-state index in [0.717, 1.165) is 30.7 Å². The van der Waals surface area contributed by atoms with Gasteiger partial charge in [0, 0.05) is 30.6 Å². The molecule has 2 aliphatic heterocycles. The van der Waals surface area contributed by atoms with E-state index in [1.54, 1.807) is 4.68 Å². The van der Waals surface area contributed by atoms with E-state index in [0.29, 0.717) is 90.8 Å². The highest BCUT2D eigenvalue weighted by Gasteiger charge is 2.42. The number of carbonyl (C=O) groups is 2. The Kier molecular flexibility index (Phi) is 15.5. The molecule has 2 aliphatic rings. The van der Waals surface area contributed by atoms with Gasteiger partial charge in [-0.3, -0.25) is 4.79 Å². The molecule has 0 aromatic carbocycles. The lowest BCUT2D eigenvalue weighted by atomic mass is 10.0. The molecule has 0 saturated carbocycles. The molecule has 0 spiro atoms. The molecule has 39 heavy (non-hydrogen) atoms. The quantitative estimate of drug-likeness (QED) is 0.127. The Morgan fingerprint density at radius 1 is 1.03 bits per heavy atom. The van der Waals surface area contributed by atoms with Crippen LogP contribution < -0.4 is 16.0 Å². The van der Waals surface area contributed by atoms with Crippen LogP contribution in [0.2, 0.25) is 0 Å². The summed E-state index contributed by atoms with van der Waals surface area (Å²) in [4.78, 5) is 23.4. The number of nitrogens with one attached hydrogen (secondary N) is 3. The average Bonchev–Trinajstić information content (AvgIpc) is 3.63. The van der Waals surface area contributed by atoms with Crippen LogP contribution in [0.25, 0.3) is 0 Å². The van der Waals surface area contributed by atoms with Gasteiger partial charge < -0.3 is 39.6 Å². The molecule has 2 saturated heterocycles. The summed E-state index contributed by atoms with van der Waals surface area (Å²) in [6.07, 6.45) is 5.21. The first-order valence-corrected chi connectivity index (χ1v) is 14.9. The van der Waals surface area contributed by atoms with Crippen LogP contribution in [-0.4, -0.2) is 116 Å². The first-order valence-electron chi connectivity index (χ1n) is 13.9. The maximum atomic E-state index is 12.0. The molecule has 1 aromatic heterocycles. The SMILES string of the molecule is CCOCCOCc1cn(CCOCCOCCOCCNC(=O)CCCC[C@H]2SC[C@H]3NC(=O)N[C@H]32)nn1. The first kappa shape index (κ1) is 31.6. The van der Waals surface area contributed by atoms with Crippen molar-refractivity contribution in [2.45, 2.75) is 63.1 Å². The monoisotopic (exact) mass is 572 g/mol. The number of unbranched alkanes of at least 4 members (excludes halogenated alkanes) is 1. The number of carbonyl (C=O) groups excluding carboxylic acids is 2. The third-order valence-corrected chi connectivity index (χ3v) is 7.78. The summed E-state index contributed by atoms with van der Waals surface area (Å²) in [5.74, 6) is 1.01. The summed E-state index contributed by atoms with van der Waals surface area (Å²) >= 11 is 1.90. The van der Waals surface area contributed by atoms with E-state index in [2.05, 4.69) is 26.3 Å². The largest absolute Gasteiger partial charge is 0.379 e. The summed E-state index contributed by atoms with van der Waals surface area (Å²) in [5, 5.41) is 17.4. The minimum Gasteiger partial charge on any atom is -0.379 e. The van der Waals surface area contributed by atoms with Crippen LogP contribution in [0.4, 0.5) is 4.79 Å². The van der Waals surface area contributed by atoms with Crippen molar-refractivity contribution >= 4 is 23.7 Å². The van der Waals surface area contributed by atoms with Gasteiger partial charge >= 0.3 is 6.03 Å². The molecule has 3 rings (SSSR count). The van der Waals surface area contributed by atoms with Crippen molar-refractivity contribution in [1.82, 2.24) is 30.9 Å². The van der Waals surface area contributed by atoms with Gasteiger partial charge in [-0.1, -0.05) is 11.6 Å². The Balaban J connectivity index is 1.03. The number of rotatable bonds is 23. The Bertz CT molecular complexity index is 833. The lowest BCUT2D eigenvalue weighted by Crippen LogP contribution is -2.36. The number of urea groups is 1. The summed E-state index contributed by atoms with van der Waals surface area (Å²) in [7, 11) is 0. The number of hydrogen-bond acceptors (Lipinski definition) is 10. The second kappa shape index (κ2) is 19.2. The number of hydrogen-bond donors (Lipinski definition) is 3. The predicted octanol–water partition coefficient (Wildman–Crippen LogP) is 0.723. The normalized spacial score (nSPS) is 20.1. The van der Waals surface area contributed by atoms with Crippen LogP contribution in [0.15, 0.2) is 6.20 Å². The fraction of sp³-hybridized carbons (Fsp3) is 0.840. The van der Waals surface area contributed by atoms with Gasteiger partial charge in [0.2, 0.25) is 5.91 Å². The van der Waals surface area contributed by atoms with E-state index in [-0.39, 0.29) is 24.0 Å². The van der Waals surface area contributed by atoms with Crippen molar-refractivity contribution in [3.05, 3.63) is 11.9 Å². The number of thioether (sulfide) groups is 1. The molecule has 3 amide bonds. The van der Waals surface area contributed by atoms with Crippen LogP contribution in [0.1, 0.15) is 38.3 Å². The zero-order valence-electron chi connectivity index (χ0n) is 22.9. The number of ether oxygens (including phenoxy) is 5. The third-order valence-electron chi connectivity index (χ3n) is 6.27. The topological polar surface area (TPSA) is 147 Å². The van der Waals surface area contributed by atoms with Crippen LogP contribution >= 0.6 is 11.8 Å². The van der Waals surface area contributed by atoms with E-state index in [1.165, 1.54) is 0 Å². The molecule has 14 heteroatoms. The molecule has 0 unspecified atom stereocenters. The third kappa shape index (κ3) is 12.8. The van der Waals surface area contributed by atoms with Crippen molar-refractivity contribution < 1.29 is 33.3 Å². The fourth-order valence-corrected chi connectivity index (χ4v) is 5.82. The van der Waals surface area contributed by atoms with Crippen molar-refractivity contribution in [3.63, 3.8) is 0 Å². The molecule has 2 fully saturated rings. The van der Waals surface area contributed by atoms with E-state index in [4.69, 9.17) is 23.7 Å². The fourth-order valence-electron chi connectivity index (χ4n) is 4.28. The highest BCUT2D eigenvalue weighted by molar-refractivity contribution is 8.00. The molecule has 0 bridgehead atoms. The summed E-state index contributed by atoms with van der Waals surface area (Å²) in [5.41, 5.74) is 0.779. The summed E-state index contributed by atoms with van der Waals surface area (Å²) in [6, 6.07) is 0.425. The molecule has 222 valence electrons. The predicted molar refractivity (Wildman–Crippen MR) is 146 cm³/mol. The molecular formula is C25H44N6O7S. The van der Waals surface area contributed by atoms with E-state index in [1.807, 2.05) is 24.9 Å². The van der Waals surface area contributed by atoms with Gasteiger partial charge in [0.05, 0.1) is 84.3 Å². The Labute approximate surface area is 234 Å². The van der Waals surface area contributed by atoms with E-state index < -0.39 is 0 Å². The average molecular weight is 573 g/mol. The summed E-state index contributed by atoms with van der Waals surface area (Å²) in [6.45, 7) is 8.17. The molecule has 0 aliphatic carbocycles. The maximum Gasteiger partial charge on any atom is 0.315 e. The van der Waals surface area contributed by atoms with Crippen molar-refractivity contribution in [3.8, 4) is 0 Å². The number of aromatic nitrogens is 3. The highest BCUT2D eigenvalue weighted by atomic mass is 32.2. The Morgan fingerprint density at radius 3 is 2.59 bits per heavy atom. The minimum absolute atomic E-state index is 0.0488. The Morgan fingerprint density at radius 2 is 1.77 bits per heavy atom. The van der Waals surface area contributed by atoms with E-state index in [9.17, 15) is 9.59 Å². The van der Waals surface area contributed by atoms with Gasteiger partial charge in [0.15, 0.2) is 0 Å². The zero-order valence-corrected chi connectivity index (χ0v) is 23.8. The first-order chi connectivity index (χ1) is 19.2. The van der Waals surface area contributed by atoms with Crippen LogP contribution in [-0.2, 0) is 41.6 Å². The smallest absolute Gasteiger partial charge is 0.315 e. The molecule has 0 radical (unpaired) electrons. The standard InChI is InChI=1S/C25H44N6O7S/c1-2-34-11-16-38-18-20-17-31(30-29-20)8-10-36-13-15-37-14-12-35-9-7-26-23(32)6-4-3-5-22-24-21(19-39-22)27-25(33)28-24/h17,21-22,24H,2-16,18-19H2,1H3,(H,26,32)(H2,27,28,33)/t21-,22-,24-/m1/s1. The molecule has 3 N–H and O–H groups in total. The van der Waals surface area contributed by atoms with Crippen LogP contribution in [0.3, 0.4) is 0 Å². The second-order valence-electron chi connectivity index (χ2n) is 9.28. The summed E-state index contributed by atoms with van der Waals surface area (Å²) < 4.78 is 29.0. The Hall–Kier alpha value is -1.97. The van der Waals surface area contributed by atoms with Gasteiger partial charge in [-0.05, 0) is 19.8 Å². The van der Waals surface area contributed by atoms with Gasteiger partial charge in [-0.15, -0.1) is 5.10 Å². The molecule has 1 aromatic rings. The van der Waals surface area contributed by atoms with Gasteiger partial charge in [0.1, 0.15) is 5.69 Å². The second-order valence-corrected chi connectivity index (χ2v) is 10.5. The van der Waals surface area contributed by atoms with Crippen LogP contribution in [0, 0.1) is 0 Å². The zero-order chi connectivity index (χ0) is 27.5. The van der Waals surface area contributed by atoms with Crippen molar-refractivity contribution in [1.29, 1.82) is 0 Å². The lowest BCUT2D eigenvalue weighted by molar-refractivity contribution is -0.121. The van der Waals surface area contributed by atoms with Crippen molar-refractivity contribution in [2.75, 3.05) is 71.8 Å². The lowest BCUT2D eigenvalue weighted by Gasteiger charge is -2.16. The molecular weight excluding hydrogens is 528 g/mol.